The molecule has 3 aromatic rings. The minimum absolute atomic E-state index is 0.0840. The van der Waals surface area contributed by atoms with Crippen LogP contribution in [0.5, 0.6) is 11.6 Å². The standard InChI is InChI=1S/C16H12Cl2N2O3/c1-23-13-5-3-2-4-9(13)8-20-15-11(14(19-22)16(20)21)6-10(17)7-12(15)18/h2-7,21H,8H2,1H3. The maximum Gasteiger partial charge on any atom is 0.222 e. The monoisotopic (exact) mass is 350 g/mol. The van der Waals surface area contributed by atoms with Gasteiger partial charge in [-0.2, -0.15) is 0 Å². The van der Waals surface area contributed by atoms with E-state index < -0.39 is 0 Å². The van der Waals surface area contributed by atoms with Crippen molar-refractivity contribution in [2.75, 3.05) is 7.11 Å². The first-order valence-electron chi connectivity index (χ1n) is 6.72. The van der Waals surface area contributed by atoms with Crippen LogP contribution < -0.4 is 4.74 Å². The van der Waals surface area contributed by atoms with E-state index in [2.05, 4.69) is 5.18 Å². The Hall–Kier alpha value is -2.24. The number of halogens is 2. The molecule has 0 aliphatic rings. The summed E-state index contributed by atoms with van der Waals surface area (Å²) in [6.45, 7) is 0.267. The Morgan fingerprint density at radius 1 is 1.26 bits per heavy atom. The van der Waals surface area contributed by atoms with E-state index in [-0.39, 0.29) is 18.1 Å². The third-order valence-corrected chi connectivity index (χ3v) is 4.14. The molecule has 0 spiro atoms. The molecule has 118 valence electrons. The molecule has 0 saturated carbocycles. The Labute approximate surface area is 142 Å². The molecule has 1 aromatic heterocycles. The van der Waals surface area contributed by atoms with E-state index in [1.807, 2.05) is 24.3 Å². The van der Waals surface area contributed by atoms with Gasteiger partial charge in [0.15, 0.2) is 5.69 Å². The third kappa shape index (κ3) is 2.62. The Kier molecular flexibility index (Phi) is 4.15. The highest BCUT2D eigenvalue weighted by Gasteiger charge is 2.21. The molecule has 7 heteroatoms. The fraction of sp³-hybridized carbons (Fsp3) is 0.125. The second-order valence-corrected chi connectivity index (χ2v) is 5.79. The topological polar surface area (TPSA) is 63.8 Å². The van der Waals surface area contributed by atoms with Gasteiger partial charge >= 0.3 is 0 Å². The summed E-state index contributed by atoms with van der Waals surface area (Å²) in [6, 6.07) is 10.5. The minimum Gasteiger partial charge on any atom is -0.496 e. The first-order chi connectivity index (χ1) is 11.1. The van der Waals surface area contributed by atoms with E-state index in [4.69, 9.17) is 27.9 Å². The number of benzene rings is 2. The molecule has 0 bridgehead atoms. The van der Waals surface area contributed by atoms with Crippen LogP contribution in [-0.2, 0) is 6.54 Å². The van der Waals surface area contributed by atoms with Gasteiger partial charge in [0.25, 0.3) is 0 Å². The van der Waals surface area contributed by atoms with Gasteiger partial charge < -0.3 is 14.4 Å². The number of methoxy groups -OCH3 is 1. The molecule has 1 N–H and O–H groups in total. The molecule has 0 radical (unpaired) electrons. The van der Waals surface area contributed by atoms with E-state index in [0.29, 0.717) is 26.7 Å². The number of nitrogens with zero attached hydrogens (tertiary/aromatic N) is 2. The number of aromatic nitrogens is 1. The lowest BCUT2D eigenvalue weighted by Gasteiger charge is -2.11. The van der Waals surface area contributed by atoms with Crippen molar-refractivity contribution in [1.82, 2.24) is 4.57 Å². The zero-order valence-corrected chi connectivity index (χ0v) is 13.6. The SMILES string of the molecule is COc1ccccc1Cn1c(O)c(N=O)c2cc(Cl)cc(Cl)c21. The summed E-state index contributed by atoms with van der Waals surface area (Å²) in [5, 5.41) is 14.4. The van der Waals surface area contributed by atoms with Gasteiger partial charge in [0, 0.05) is 16.0 Å². The second kappa shape index (κ2) is 6.10. The largest absolute Gasteiger partial charge is 0.496 e. The average Bonchev–Trinajstić information content (AvgIpc) is 2.79. The number of rotatable bonds is 4. The van der Waals surface area contributed by atoms with Crippen molar-refractivity contribution in [3.8, 4) is 11.6 Å². The summed E-state index contributed by atoms with van der Waals surface area (Å²) in [7, 11) is 1.57. The molecular formula is C16H12Cl2N2O3. The van der Waals surface area contributed by atoms with Crippen LogP contribution >= 0.6 is 23.2 Å². The van der Waals surface area contributed by atoms with Gasteiger partial charge in [-0.3, -0.25) is 0 Å². The normalized spacial score (nSPS) is 10.9. The van der Waals surface area contributed by atoms with Crippen LogP contribution in [0.3, 0.4) is 0 Å². The van der Waals surface area contributed by atoms with Gasteiger partial charge in [-0.05, 0) is 23.4 Å². The number of nitroso groups, excluding NO2 is 1. The van der Waals surface area contributed by atoms with Crippen molar-refractivity contribution in [3.05, 3.63) is 56.9 Å². The second-order valence-electron chi connectivity index (χ2n) is 4.95. The molecule has 0 saturated heterocycles. The van der Waals surface area contributed by atoms with Crippen LogP contribution in [0.2, 0.25) is 10.0 Å². The van der Waals surface area contributed by atoms with Gasteiger partial charge in [-0.1, -0.05) is 41.4 Å². The molecule has 23 heavy (non-hydrogen) atoms. The van der Waals surface area contributed by atoms with Gasteiger partial charge in [0.05, 0.1) is 24.2 Å². The van der Waals surface area contributed by atoms with Crippen molar-refractivity contribution in [2.45, 2.75) is 6.54 Å². The number of fused-ring (bicyclic) bond motifs is 1. The first kappa shape index (κ1) is 15.6. The highest BCUT2D eigenvalue weighted by molar-refractivity contribution is 6.39. The molecule has 1 heterocycles. The van der Waals surface area contributed by atoms with Crippen molar-refractivity contribution in [2.24, 2.45) is 5.18 Å². The highest BCUT2D eigenvalue weighted by Crippen LogP contribution is 2.43. The van der Waals surface area contributed by atoms with Crippen LogP contribution in [0, 0.1) is 4.91 Å². The van der Waals surface area contributed by atoms with Crippen molar-refractivity contribution in [1.29, 1.82) is 0 Å². The summed E-state index contributed by atoms with van der Waals surface area (Å²) in [6.07, 6.45) is 0. The zero-order chi connectivity index (χ0) is 16.6. The maximum absolute atomic E-state index is 11.1. The highest BCUT2D eigenvalue weighted by atomic mass is 35.5. The van der Waals surface area contributed by atoms with Gasteiger partial charge in [-0.15, -0.1) is 4.91 Å². The van der Waals surface area contributed by atoms with Crippen LogP contribution in [0.4, 0.5) is 5.69 Å². The Bertz CT molecular complexity index is 906. The molecule has 2 aromatic carbocycles. The van der Waals surface area contributed by atoms with Crippen LogP contribution in [0.15, 0.2) is 41.6 Å². The van der Waals surface area contributed by atoms with Crippen LogP contribution in [-0.4, -0.2) is 16.8 Å². The number of ether oxygens (including phenoxy) is 1. The van der Waals surface area contributed by atoms with Crippen molar-refractivity contribution in [3.63, 3.8) is 0 Å². The lowest BCUT2D eigenvalue weighted by molar-refractivity contribution is 0.403. The zero-order valence-electron chi connectivity index (χ0n) is 12.1. The predicted molar refractivity (Wildman–Crippen MR) is 91.2 cm³/mol. The van der Waals surface area contributed by atoms with Crippen LogP contribution in [0.25, 0.3) is 10.9 Å². The minimum atomic E-state index is -0.259. The molecule has 0 amide bonds. The molecular weight excluding hydrogens is 339 g/mol. The molecule has 0 atom stereocenters. The Morgan fingerprint density at radius 3 is 2.70 bits per heavy atom. The molecule has 0 unspecified atom stereocenters. The van der Waals surface area contributed by atoms with E-state index in [1.54, 1.807) is 19.2 Å². The summed E-state index contributed by atoms with van der Waals surface area (Å²) in [5.74, 6) is 0.407. The van der Waals surface area contributed by atoms with E-state index in [9.17, 15) is 10.0 Å². The molecule has 0 aliphatic carbocycles. The Morgan fingerprint density at radius 2 is 2.00 bits per heavy atom. The van der Waals surface area contributed by atoms with Crippen molar-refractivity contribution >= 4 is 39.8 Å². The van der Waals surface area contributed by atoms with Crippen molar-refractivity contribution < 1.29 is 9.84 Å². The van der Waals surface area contributed by atoms with Gasteiger partial charge in [0.1, 0.15) is 5.75 Å². The van der Waals surface area contributed by atoms with E-state index in [1.165, 1.54) is 4.57 Å². The van der Waals surface area contributed by atoms with Gasteiger partial charge in [0.2, 0.25) is 5.88 Å². The number of hydrogen-bond acceptors (Lipinski definition) is 4. The summed E-state index contributed by atoms with van der Waals surface area (Å²) in [4.78, 5) is 11.1. The molecule has 5 nitrogen and oxygen atoms in total. The Balaban J connectivity index is 2.25. The number of para-hydroxylation sites is 1. The molecule has 3 rings (SSSR count). The van der Waals surface area contributed by atoms with Crippen LogP contribution in [0.1, 0.15) is 5.56 Å². The maximum atomic E-state index is 11.1. The summed E-state index contributed by atoms with van der Waals surface area (Å²) in [5.41, 5.74) is 1.24. The lowest BCUT2D eigenvalue weighted by Crippen LogP contribution is -2.01. The lowest BCUT2D eigenvalue weighted by atomic mass is 10.2. The number of hydrogen-bond donors (Lipinski definition) is 1. The quantitative estimate of drug-likeness (QED) is 0.665. The smallest absolute Gasteiger partial charge is 0.222 e. The van der Waals surface area contributed by atoms with Gasteiger partial charge in [-0.25, -0.2) is 0 Å². The number of aromatic hydroxyl groups is 1. The molecule has 0 fully saturated rings. The van der Waals surface area contributed by atoms with E-state index >= 15 is 0 Å². The summed E-state index contributed by atoms with van der Waals surface area (Å²) >= 11 is 12.2. The van der Waals surface area contributed by atoms with E-state index in [0.717, 1.165) is 5.56 Å². The predicted octanol–water partition coefficient (Wildman–Crippen LogP) is 5.11. The third-order valence-electron chi connectivity index (χ3n) is 3.63. The fourth-order valence-corrected chi connectivity index (χ4v) is 3.22. The fourth-order valence-electron chi connectivity index (χ4n) is 2.62. The first-order valence-corrected chi connectivity index (χ1v) is 7.48. The molecule has 0 aliphatic heterocycles. The summed E-state index contributed by atoms with van der Waals surface area (Å²) < 4.78 is 6.83. The average molecular weight is 351 g/mol.